The number of ether oxygens (including phenoxy) is 4. The van der Waals surface area contributed by atoms with Gasteiger partial charge in [0.1, 0.15) is 58.7 Å². The highest BCUT2D eigenvalue weighted by molar-refractivity contribution is 7.14. The first kappa shape index (κ1) is 46.1. The van der Waals surface area contributed by atoms with Gasteiger partial charge in [-0.2, -0.15) is 0 Å². The number of methoxy groups -OCH3 is 1. The second-order valence-corrected chi connectivity index (χ2v) is 20.9. The SMILES string of the molecule is CC[C@@H]1CC1(NC(=O)[C@@H]1C[C@@H](Oc2cc(-c3csc(NC(C)C)n3)nc3c(Cl)c(OCCN4CC[C@@H](OC)C4)ccc23)CN1C(=O)[C@@H](NC(=O)O[C@@H]1C[C@@H]2C[C@@H]2C1)C(C)(C)C)C(=O)O. The number of hydrogen-bond acceptors (Lipinski definition) is 13. The van der Waals surface area contributed by atoms with Crippen LogP contribution in [0.3, 0.4) is 0 Å². The van der Waals surface area contributed by atoms with E-state index in [1.165, 1.54) is 22.7 Å². The molecule has 2 aromatic heterocycles. The van der Waals surface area contributed by atoms with Crippen molar-refractivity contribution >= 4 is 62.8 Å². The number of alkyl carbamates (subject to hydrolysis) is 1. The maximum atomic E-state index is 14.8. The molecule has 18 heteroatoms. The fourth-order valence-corrected chi connectivity index (χ4v) is 10.9. The van der Waals surface area contributed by atoms with Gasteiger partial charge in [0.15, 0.2) is 5.13 Å². The first-order chi connectivity index (χ1) is 30.5. The zero-order chi connectivity index (χ0) is 45.7. The summed E-state index contributed by atoms with van der Waals surface area (Å²) in [6, 6.07) is 3.38. The molecule has 16 nitrogen and oxygen atoms in total. The van der Waals surface area contributed by atoms with Crippen molar-refractivity contribution in [1.82, 2.24) is 30.4 Å². The van der Waals surface area contributed by atoms with Gasteiger partial charge >= 0.3 is 12.1 Å². The number of thiazole rings is 1. The summed E-state index contributed by atoms with van der Waals surface area (Å²) in [5.74, 6) is -0.381. The third-order valence-corrected chi connectivity index (χ3v) is 14.7. The highest BCUT2D eigenvalue weighted by Gasteiger charge is 2.61. The average Bonchev–Trinajstić information content (AvgIpc) is 3.72. The number of carbonyl (C=O) groups is 4. The van der Waals surface area contributed by atoms with Gasteiger partial charge in [-0.25, -0.2) is 19.6 Å². The first-order valence-corrected chi connectivity index (χ1v) is 23.9. The number of fused-ring (bicyclic) bond motifs is 2. The Balaban J connectivity index is 1.09. The minimum absolute atomic E-state index is 0.0306. The molecule has 2 aliphatic heterocycles. The summed E-state index contributed by atoms with van der Waals surface area (Å²) < 4.78 is 24.4. The molecule has 0 bridgehead atoms. The van der Waals surface area contributed by atoms with E-state index in [1.807, 2.05) is 53.0 Å². The Morgan fingerprint density at radius 2 is 1.78 bits per heavy atom. The second-order valence-electron chi connectivity index (χ2n) is 19.7. The molecule has 0 radical (unpaired) electrons. The molecule has 3 saturated carbocycles. The third kappa shape index (κ3) is 9.87. The number of pyridine rings is 1. The normalized spacial score (nSPS) is 27.9. The number of halogens is 1. The van der Waals surface area contributed by atoms with Crippen LogP contribution >= 0.6 is 22.9 Å². The van der Waals surface area contributed by atoms with Crippen LogP contribution in [0.4, 0.5) is 9.93 Å². The summed E-state index contributed by atoms with van der Waals surface area (Å²) in [4.78, 5) is 68.6. The number of amides is 3. The maximum absolute atomic E-state index is 14.8. The number of carboxylic acid groups (broad SMARTS) is 1. The fourth-order valence-electron chi connectivity index (χ4n) is 9.75. The van der Waals surface area contributed by atoms with E-state index in [1.54, 1.807) is 19.2 Å². The van der Waals surface area contributed by atoms with E-state index in [9.17, 15) is 24.3 Å². The summed E-state index contributed by atoms with van der Waals surface area (Å²) in [5, 5.41) is 22.8. The molecular weight excluding hydrogens is 862 g/mol. The average molecular weight is 925 g/mol. The number of aliphatic carboxylic acids is 1. The summed E-state index contributed by atoms with van der Waals surface area (Å²) in [6.07, 6.45) is 3.29. The number of likely N-dealkylation sites (tertiary alicyclic amines) is 2. The van der Waals surface area contributed by atoms with Gasteiger partial charge in [0, 0.05) is 56.0 Å². The van der Waals surface area contributed by atoms with Gasteiger partial charge in [-0.15, -0.1) is 11.3 Å². The molecule has 4 heterocycles. The van der Waals surface area contributed by atoms with Crippen molar-refractivity contribution in [2.75, 3.05) is 45.2 Å². The van der Waals surface area contributed by atoms with Crippen LogP contribution in [-0.4, -0.2) is 131 Å². The van der Waals surface area contributed by atoms with Gasteiger partial charge < -0.3 is 44.9 Å². The van der Waals surface area contributed by atoms with Crippen LogP contribution in [0.2, 0.25) is 5.02 Å². The van der Waals surface area contributed by atoms with E-state index in [4.69, 9.17) is 40.5 Å². The topological polar surface area (TPSA) is 194 Å². The molecule has 5 fully saturated rings. The second kappa shape index (κ2) is 18.4. The van der Waals surface area contributed by atoms with E-state index in [0.29, 0.717) is 76.6 Å². The Morgan fingerprint density at radius 1 is 1.02 bits per heavy atom. The molecule has 348 valence electrons. The van der Waals surface area contributed by atoms with Crippen molar-refractivity contribution in [2.45, 2.75) is 128 Å². The van der Waals surface area contributed by atoms with Crippen molar-refractivity contribution in [1.29, 1.82) is 0 Å². The van der Waals surface area contributed by atoms with E-state index in [0.717, 1.165) is 37.5 Å². The van der Waals surface area contributed by atoms with Gasteiger partial charge in [-0.1, -0.05) is 45.7 Å². The van der Waals surface area contributed by atoms with Gasteiger partial charge in [0.25, 0.3) is 0 Å². The zero-order valence-corrected chi connectivity index (χ0v) is 39.4. The Labute approximate surface area is 383 Å². The molecule has 8 rings (SSSR count). The molecule has 1 unspecified atom stereocenters. The van der Waals surface area contributed by atoms with Gasteiger partial charge in [0.2, 0.25) is 11.8 Å². The monoisotopic (exact) mass is 923 g/mol. The number of hydrogen-bond donors (Lipinski definition) is 4. The van der Waals surface area contributed by atoms with Crippen LogP contribution in [0, 0.1) is 23.2 Å². The van der Waals surface area contributed by atoms with Crippen LogP contribution in [0.15, 0.2) is 23.6 Å². The smallest absolute Gasteiger partial charge is 0.408 e. The number of carbonyl (C=O) groups excluding carboxylic acids is 3. The molecule has 0 spiro atoms. The van der Waals surface area contributed by atoms with Gasteiger partial charge in [-0.05, 0) is 81.3 Å². The first-order valence-electron chi connectivity index (χ1n) is 22.7. The molecule has 4 N–H and O–H groups in total. The van der Waals surface area contributed by atoms with Crippen LogP contribution < -0.4 is 25.4 Å². The molecule has 2 saturated heterocycles. The van der Waals surface area contributed by atoms with Crippen molar-refractivity contribution in [3.05, 3.63) is 28.6 Å². The van der Waals surface area contributed by atoms with Crippen LogP contribution in [0.5, 0.6) is 11.5 Å². The predicted molar refractivity (Wildman–Crippen MR) is 243 cm³/mol. The summed E-state index contributed by atoms with van der Waals surface area (Å²) in [6.45, 7) is 14.3. The zero-order valence-electron chi connectivity index (χ0n) is 37.8. The largest absolute Gasteiger partial charge is 0.491 e. The van der Waals surface area contributed by atoms with Crippen molar-refractivity contribution in [3.63, 3.8) is 0 Å². The standard InChI is InChI=1S/C46H62ClN7O9S/c1-8-27-20-46(27,42(57)58)52-40(55)34-18-30(22-54(34)41(56)39(45(4,5)6)51-44(59)63-29-16-25-15-26(25)17-29)62-36-19-32(33-23-64-43(50-33)48-24(2)3)49-38-31(36)9-10-35(37(38)47)61-14-13-53-12-11-28(21-53)60-7/h9-10,19,23-30,34,39H,8,11-18,20-22H2,1-7H3,(H,48,50)(H,51,59)(H,52,55)(H,57,58)/t25-,26+,27-,28-,29+,30-,34+,39-,46?/m1/s1. The Kier molecular flexibility index (Phi) is 13.3. The van der Waals surface area contributed by atoms with E-state index >= 15 is 0 Å². The molecule has 5 aliphatic rings. The molecule has 3 amide bonds. The van der Waals surface area contributed by atoms with Crippen molar-refractivity contribution in [2.24, 2.45) is 23.2 Å². The quantitative estimate of drug-likeness (QED) is 0.113. The Hall–Kier alpha value is -4.45. The molecule has 9 atom stereocenters. The Bertz CT molecular complexity index is 2240. The lowest BCUT2D eigenvalue weighted by molar-refractivity contribution is -0.146. The molecule has 3 aromatic rings. The van der Waals surface area contributed by atoms with Crippen molar-refractivity contribution < 1.29 is 43.2 Å². The number of rotatable bonds is 17. The number of nitrogens with one attached hydrogen (secondary N) is 3. The highest BCUT2D eigenvalue weighted by atomic mass is 35.5. The molecule has 3 aliphatic carbocycles. The van der Waals surface area contributed by atoms with Gasteiger partial charge in [0.05, 0.1) is 23.9 Å². The number of nitrogens with zero attached hydrogens (tertiary/aromatic N) is 4. The van der Waals surface area contributed by atoms with Crippen molar-refractivity contribution in [3.8, 4) is 22.9 Å². The van der Waals surface area contributed by atoms with Crippen LogP contribution in [0.1, 0.15) is 86.5 Å². The fraction of sp³-hybridized carbons (Fsp3) is 0.652. The molecule has 1 aromatic carbocycles. The van der Waals surface area contributed by atoms with E-state index in [2.05, 4.69) is 20.9 Å². The van der Waals surface area contributed by atoms with E-state index in [-0.39, 0.29) is 37.1 Å². The number of aromatic nitrogens is 2. The highest BCUT2D eigenvalue weighted by Crippen LogP contribution is 2.52. The molecule has 64 heavy (non-hydrogen) atoms. The van der Waals surface area contributed by atoms with Crippen LogP contribution in [-0.2, 0) is 23.9 Å². The maximum Gasteiger partial charge on any atom is 0.408 e. The summed E-state index contributed by atoms with van der Waals surface area (Å²) >= 11 is 8.57. The van der Waals surface area contributed by atoms with Crippen LogP contribution in [0.25, 0.3) is 22.3 Å². The summed E-state index contributed by atoms with van der Waals surface area (Å²) in [7, 11) is 1.73. The van der Waals surface area contributed by atoms with Gasteiger partial charge in [-0.3, -0.25) is 14.5 Å². The lowest BCUT2D eigenvalue weighted by atomic mass is 9.85. The lowest BCUT2D eigenvalue weighted by Crippen LogP contribution is -2.59. The predicted octanol–water partition coefficient (Wildman–Crippen LogP) is 6.59. The van der Waals surface area contributed by atoms with E-state index < -0.39 is 53.0 Å². The third-order valence-electron chi connectivity index (χ3n) is 13.6. The number of benzene rings is 1. The summed E-state index contributed by atoms with van der Waals surface area (Å²) in [5.41, 5.74) is -0.687. The Morgan fingerprint density at radius 3 is 2.44 bits per heavy atom. The minimum Gasteiger partial charge on any atom is -0.491 e. The number of carboxylic acids is 1. The number of anilines is 1. The minimum atomic E-state index is -1.42. The molecular formula is C46H62ClN7O9S. The lowest BCUT2D eigenvalue weighted by Gasteiger charge is -2.35.